The summed E-state index contributed by atoms with van der Waals surface area (Å²) in [6.45, 7) is 6.61. The number of carbonyl (C=O) groups is 1. The van der Waals surface area contributed by atoms with Gasteiger partial charge in [-0.1, -0.05) is 61.2 Å². The molecule has 1 N–H and O–H groups in total. The number of nitrogens with one attached hydrogen (secondary N) is 1. The summed E-state index contributed by atoms with van der Waals surface area (Å²) in [6, 6.07) is 18.3. The molecule has 4 rings (SSSR count). The molecule has 0 bridgehead atoms. The minimum Gasteiger partial charge on any atom is -0.351 e. The zero-order valence-corrected chi connectivity index (χ0v) is 18.7. The Kier molecular flexibility index (Phi) is 6.32. The summed E-state index contributed by atoms with van der Waals surface area (Å²) in [5.41, 5.74) is 5.98. The lowest BCUT2D eigenvalue weighted by Gasteiger charge is -2.06. The van der Waals surface area contributed by atoms with Gasteiger partial charge < -0.3 is 5.32 Å². The molecule has 7 heteroatoms. The quantitative estimate of drug-likeness (QED) is 0.439. The van der Waals surface area contributed by atoms with Crippen molar-refractivity contribution in [2.75, 3.05) is 5.75 Å². The molecular formula is C24H25N5OS. The number of benzene rings is 2. The van der Waals surface area contributed by atoms with Crippen molar-refractivity contribution in [3.05, 3.63) is 77.1 Å². The van der Waals surface area contributed by atoms with Crippen LogP contribution in [0.15, 0.2) is 59.6 Å². The zero-order valence-electron chi connectivity index (χ0n) is 17.9. The molecule has 0 atom stereocenters. The third-order valence-corrected chi connectivity index (χ3v) is 6.19. The average Bonchev–Trinajstić information content (AvgIpc) is 3.16. The Morgan fingerprint density at radius 1 is 1.00 bits per heavy atom. The van der Waals surface area contributed by atoms with Crippen LogP contribution in [0.1, 0.15) is 29.4 Å². The highest BCUT2D eigenvalue weighted by Crippen LogP contribution is 2.29. The summed E-state index contributed by atoms with van der Waals surface area (Å²) >= 11 is 1.36. The Morgan fingerprint density at radius 2 is 1.71 bits per heavy atom. The van der Waals surface area contributed by atoms with Crippen LogP contribution in [0.5, 0.6) is 0 Å². The van der Waals surface area contributed by atoms with E-state index in [2.05, 4.69) is 46.7 Å². The molecule has 6 nitrogen and oxygen atoms in total. The van der Waals surface area contributed by atoms with Crippen LogP contribution >= 0.6 is 11.8 Å². The smallest absolute Gasteiger partial charge is 0.230 e. The van der Waals surface area contributed by atoms with Gasteiger partial charge in [-0.15, -0.1) is 5.10 Å². The number of fused-ring (bicyclic) bond motifs is 1. The molecule has 2 aromatic heterocycles. The van der Waals surface area contributed by atoms with Gasteiger partial charge in [-0.25, -0.2) is 4.68 Å². The number of amides is 1. The van der Waals surface area contributed by atoms with Gasteiger partial charge in [0.15, 0.2) is 0 Å². The van der Waals surface area contributed by atoms with Crippen molar-refractivity contribution in [3.8, 4) is 5.69 Å². The maximum Gasteiger partial charge on any atom is 0.230 e. The van der Waals surface area contributed by atoms with E-state index >= 15 is 0 Å². The molecule has 0 saturated heterocycles. The van der Waals surface area contributed by atoms with Crippen molar-refractivity contribution in [1.82, 2.24) is 25.3 Å². The van der Waals surface area contributed by atoms with E-state index in [1.165, 1.54) is 17.3 Å². The summed E-state index contributed by atoms with van der Waals surface area (Å²) in [6.07, 6.45) is 1.01. The first-order valence-corrected chi connectivity index (χ1v) is 11.3. The number of nitrogens with zero attached hydrogens (tertiary/aromatic N) is 4. The lowest BCUT2D eigenvalue weighted by Crippen LogP contribution is -2.24. The second kappa shape index (κ2) is 9.31. The van der Waals surface area contributed by atoms with Gasteiger partial charge in [0.2, 0.25) is 5.91 Å². The topological polar surface area (TPSA) is 72.7 Å². The van der Waals surface area contributed by atoms with E-state index in [1.807, 2.05) is 48.9 Å². The second-order valence-electron chi connectivity index (χ2n) is 7.38. The van der Waals surface area contributed by atoms with Crippen LogP contribution in [0.2, 0.25) is 0 Å². The first kappa shape index (κ1) is 21.1. The van der Waals surface area contributed by atoms with Gasteiger partial charge in [-0.05, 0) is 43.5 Å². The third kappa shape index (κ3) is 4.61. The number of aryl methyl sites for hydroxylation is 3. The molecule has 31 heavy (non-hydrogen) atoms. The van der Waals surface area contributed by atoms with Gasteiger partial charge in [-0.3, -0.25) is 4.79 Å². The molecule has 0 saturated carbocycles. The van der Waals surface area contributed by atoms with Crippen molar-refractivity contribution >= 4 is 28.6 Å². The SMILES string of the molecule is CCc1ccc(CNC(=O)CSc2nnc(C)c3c(C)n(-c4ccccc4)nc23)cc1. The fourth-order valence-electron chi connectivity index (χ4n) is 3.50. The maximum absolute atomic E-state index is 12.4. The highest BCUT2D eigenvalue weighted by Gasteiger charge is 2.18. The average molecular weight is 432 g/mol. The molecule has 1 amide bonds. The van der Waals surface area contributed by atoms with E-state index < -0.39 is 0 Å². The molecule has 0 aliphatic carbocycles. The summed E-state index contributed by atoms with van der Waals surface area (Å²) in [7, 11) is 0. The Labute approximate surface area is 186 Å². The Hall–Kier alpha value is -3.19. The van der Waals surface area contributed by atoms with E-state index in [1.54, 1.807) is 0 Å². The minimum atomic E-state index is -0.0423. The molecule has 2 heterocycles. The molecule has 158 valence electrons. The van der Waals surface area contributed by atoms with Gasteiger partial charge in [-0.2, -0.15) is 10.2 Å². The summed E-state index contributed by atoms with van der Waals surface area (Å²) in [5.74, 6) is 0.219. The second-order valence-corrected chi connectivity index (χ2v) is 8.35. The van der Waals surface area contributed by atoms with Gasteiger partial charge in [0.25, 0.3) is 0 Å². The van der Waals surface area contributed by atoms with Crippen LogP contribution in [0, 0.1) is 13.8 Å². The van der Waals surface area contributed by atoms with Crippen LogP contribution in [-0.4, -0.2) is 31.6 Å². The van der Waals surface area contributed by atoms with Crippen molar-refractivity contribution in [1.29, 1.82) is 0 Å². The molecule has 2 aromatic carbocycles. The first-order chi connectivity index (χ1) is 15.1. The number of para-hydroxylation sites is 1. The molecule has 0 aliphatic heterocycles. The van der Waals surface area contributed by atoms with Crippen molar-refractivity contribution < 1.29 is 4.79 Å². The van der Waals surface area contributed by atoms with E-state index in [0.29, 0.717) is 11.6 Å². The monoisotopic (exact) mass is 431 g/mol. The molecule has 0 spiro atoms. The van der Waals surface area contributed by atoms with Crippen molar-refractivity contribution in [2.45, 2.75) is 38.8 Å². The van der Waals surface area contributed by atoms with E-state index in [0.717, 1.165) is 40.0 Å². The number of carbonyl (C=O) groups excluding carboxylic acids is 1. The minimum absolute atomic E-state index is 0.0423. The standard InChI is InChI=1S/C24H25N5OS/c1-4-18-10-12-19(13-11-18)14-25-21(30)15-31-24-23-22(16(2)26-27-24)17(3)29(28-23)20-8-6-5-7-9-20/h5-13H,4,14-15H2,1-3H3,(H,25,30). The van der Waals surface area contributed by atoms with Crippen LogP contribution in [-0.2, 0) is 17.8 Å². The summed E-state index contributed by atoms with van der Waals surface area (Å²) in [5, 5.41) is 18.0. The predicted molar refractivity (Wildman–Crippen MR) is 125 cm³/mol. The molecule has 0 aliphatic rings. The molecule has 4 aromatic rings. The van der Waals surface area contributed by atoms with E-state index in [9.17, 15) is 4.79 Å². The van der Waals surface area contributed by atoms with E-state index in [-0.39, 0.29) is 11.7 Å². The fourth-order valence-corrected chi connectivity index (χ4v) is 4.25. The highest BCUT2D eigenvalue weighted by atomic mass is 32.2. The lowest BCUT2D eigenvalue weighted by atomic mass is 10.1. The van der Waals surface area contributed by atoms with Gasteiger partial charge >= 0.3 is 0 Å². The molecular weight excluding hydrogens is 406 g/mol. The molecule has 0 unspecified atom stereocenters. The van der Waals surface area contributed by atoms with Crippen LogP contribution in [0.3, 0.4) is 0 Å². The number of aromatic nitrogens is 4. The Balaban J connectivity index is 1.48. The number of hydrogen-bond donors (Lipinski definition) is 1. The van der Waals surface area contributed by atoms with Crippen LogP contribution < -0.4 is 5.32 Å². The number of hydrogen-bond acceptors (Lipinski definition) is 5. The normalized spacial score (nSPS) is 11.1. The van der Waals surface area contributed by atoms with Crippen LogP contribution in [0.25, 0.3) is 16.6 Å². The fraction of sp³-hybridized carbons (Fsp3) is 0.250. The Bertz CT molecular complexity index is 1200. The van der Waals surface area contributed by atoms with Crippen LogP contribution in [0.4, 0.5) is 0 Å². The first-order valence-electron chi connectivity index (χ1n) is 10.3. The predicted octanol–water partition coefficient (Wildman–Crippen LogP) is 4.40. The van der Waals surface area contributed by atoms with Gasteiger partial charge in [0.05, 0.1) is 22.8 Å². The van der Waals surface area contributed by atoms with E-state index in [4.69, 9.17) is 5.10 Å². The molecule has 0 fully saturated rings. The maximum atomic E-state index is 12.4. The molecule has 0 radical (unpaired) electrons. The largest absolute Gasteiger partial charge is 0.351 e. The Morgan fingerprint density at radius 3 is 2.42 bits per heavy atom. The third-order valence-electron chi connectivity index (χ3n) is 5.23. The summed E-state index contributed by atoms with van der Waals surface area (Å²) in [4.78, 5) is 12.4. The van der Waals surface area contributed by atoms with Gasteiger partial charge in [0, 0.05) is 11.9 Å². The lowest BCUT2D eigenvalue weighted by molar-refractivity contribution is -0.118. The van der Waals surface area contributed by atoms with Crippen molar-refractivity contribution in [2.24, 2.45) is 0 Å². The number of rotatable bonds is 7. The number of thioether (sulfide) groups is 1. The van der Waals surface area contributed by atoms with Crippen molar-refractivity contribution in [3.63, 3.8) is 0 Å². The zero-order chi connectivity index (χ0) is 21.8. The highest BCUT2D eigenvalue weighted by molar-refractivity contribution is 8.00. The van der Waals surface area contributed by atoms with Gasteiger partial charge in [0.1, 0.15) is 10.5 Å². The summed E-state index contributed by atoms with van der Waals surface area (Å²) < 4.78 is 1.91.